The van der Waals surface area contributed by atoms with Crippen LogP contribution in [0.3, 0.4) is 0 Å². The number of allylic oxidation sites excluding steroid dienone is 11. The molecule has 0 spiro atoms. The van der Waals surface area contributed by atoms with Crippen LogP contribution in [0, 0.1) is 0 Å². The lowest BCUT2D eigenvalue weighted by Gasteiger charge is -2.27. The first-order valence-electron chi connectivity index (χ1n) is 30.8. The quantitative estimate of drug-likeness (QED) is 0.0156. The number of carbonyl (C=O) groups is 2. The van der Waals surface area contributed by atoms with Crippen LogP contribution in [0.15, 0.2) is 72.9 Å². The normalized spacial score (nSPS) is 14.2. The molecule has 430 valence electrons. The summed E-state index contributed by atoms with van der Waals surface area (Å²) in [5, 5.41) is 3.05. The Balaban J connectivity index is 5.27. The number of amides is 1. The van der Waals surface area contributed by atoms with Crippen molar-refractivity contribution in [2.24, 2.45) is 0 Å². The van der Waals surface area contributed by atoms with Crippen molar-refractivity contribution in [3.05, 3.63) is 72.9 Å². The number of nitrogens with one attached hydrogen (secondary N) is 1. The number of ether oxygens (including phenoxy) is 1. The molecule has 0 fully saturated rings. The van der Waals surface area contributed by atoms with Gasteiger partial charge in [-0.1, -0.05) is 235 Å². The fraction of sp³-hybridized carbons (Fsp3) is 0.781. The molecule has 1 amide bonds. The molecule has 0 heterocycles. The smallest absolute Gasteiger partial charge is 0.456 e. The highest BCUT2D eigenvalue weighted by Gasteiger charge is 2.30. The van der Waals surface area contributed by atoms with Crippen LogP contribution in [-0.4, -0.2) is 74.3 Å². The molecule has 3 atom stereocenters. The van der Waals surface area contributed by atoms with Crippen molar-refractivity contribution in [2.45, 2.75) is 283 Å². The molecule has 0 bridgehead atoms. The molecule has 9 nitrogen and oxygen atoms in total. The Hall–Kier alpha value is -2.55. The van der Waals surface area contributed by atoms with Crippen molar-refractivity contribution >= 4 is 19.7 Å². The molecule has 0 aromatic heterocycles. The highest BCUT2D eigenvalue weighted by atomic mass is 31.2. The summed E-state index contributed by atoms with van der Waals surface area (Å²) in [5.74, 6) is -0.526. The fourth-order valence-electron chi connectivity index (χ4n) is 8.58. The van der Waals surface area contributed by atoms with E-state index >= 15 is 0 Å². The zero-order valence-electron chi connectivity index (χ0n) is 49.1. The Bertz CT molecular complexity index is 1500. The predicted molar refractivity (Wildman–Crippen MR) is 318 cm³/mol. The number of likely N-dealkylation sites (N-methyl/N-ethyl adjacent to an activating group) is 1. The van der Waals surface area contributed by atoms with Crippen LogP contribution in [0.1, 0.15) is 271 Å². The van der Waals surface area contributed by atoms with Gasteiger partial charge in [0, 0.05) is 12.8 Å². The van der Waals surface area contributed by atoms with Gasteiger partial charge in [-0.25, -0.2) is 4.57 Å². The van der Waals surface area contributed by atoms with Gasteiger partial charge in [0.15, 0.2) is 0 Å². The topological polar surface area (TPSA) is 111 Å². The van der Waals surface area contributed by atoms with Gasteiger partial charge in [0.05, 0.1) is 33.8 Å². The number of esters is 1. The second kappa shape index (κ2) is 53.8. The maximum absolute atomic E-state index is 13.5. The zero-order chi connectivity index (χ0) is 54.3. The fourth-order valence-corrected chi connectivity index (χ4v) is 9.32. The molecule has 0 aliphatic carbocycles. The highest BCUT2D eigenvalue weighted by Crippen LogP contribution is 2.43. The van der Waals surface area contributed by atoms with E-state index < -0.39 is 20.0 Å². The van der Waals surface area contributed by atoms with Gasteiger partial charge in [0.1, 0.15) is 19.3 Å². The van der Waals surface area contributed by atoms with Crippen molar-refractivity contribution in [3.8, 4) is 0 Å². The average Bonchev–Trinajstić information content (AvgIpc) is 3.36. The van der Waals surface area contributed by atoms with Crippen LogP contribution in [-0.2, 0) is 27.9 Å². The number of carbonyl (C=O) groups excluding carboxylic acids is 2. The number of rotatable bonds is 55. The molecule has 74 heavy (non-hydrogen) atoms. The molecule has 10 heteroatoms. The Kier molecular flexibility index (Phi) is 52.0. The van der Waals surface area contributed by atoms with Crippen LogP contribution in [0.4, 0.5) is 0 Å². The van der Waals surface area contributed by atoms with E-state index in [2.05, 4.69) is 86.8 Å². The first kappa shape index (κ1) is 71.5. The average molecular weight is 1060 g/mol. The lowest BCUT2D eigenvalue weighted by Crippen LogP contribution is -2.47. The summed E-state index contributed by atoms with van der Waals surface area (Å²) < 4.78 is 30.7. The second-order valence-electron chi connectivity index (χ2n) is 21.9. The van der Waals surface area contributed by atoms with Crippen molar-refractivity contribution in [2.75, 3.05) is 40.9 Å². The second-order valence-corrected chi connectivity index (χ2v) is 23.4. The van der Waals surface area contributed by atoms with E-state index in [1.54, 1.807) is 0 Å². The third-order valence-corrected chi connectivity index (χ3v) is 14.4. The molecule has 3 unspecified atom stereocenters. The van der Waals surface area contributed by atoms with Crippen LogP contribution < -0.4 is 5.32 Å². The van der Waals surface area contributed by atoms with Gasteiger partial charge >= 0.3 is 13.8 Å². The summed E-state index contributed by atoms with van der Waals surface area (Å²) in [7, 11) is 1.48. The van der Waals surface area contributed by atoms with Crippen molar-refractivity contribution < 1.29 is 37.3 Å². The first-order valence-corrected chi connectivity index (χ1v) is 32.3. The van der Waals surface area contributed by atoms with E-state index in [0.29, 0.717) is 17.4 Å². The number of phosphoric acid groups is 1. The summed E-state index contributed by atoms with van der Waals surface area (Å²) in [6, 6.07) is -0.859. The van der Waals surface area contributed by atoms with Crippen LogP contribution in [0.25, 0.3) is 0 Å². The van der Waals surface area contributed by atoms with Crippen molar-refractivity contribution in [1.29, 1.82) is 0 Å². The zero-order valence-corrected chi connectivity index (χ0v) is 50.0. The maximum Gasteiger partial charge on any atom is 0.472 e. The van der Waals surface area contributed by atoms with Crippen LogP contribution >= 0.6 is 7.82 Å². The van der Waals surface area contributed by atoms with E-state index in [4.69, 9.17) is 13.8 Å². The highest BCUT2D eigenvalue weighted by molar-refractivity contribution is 7.47. The molecular formula is C64H118N2O7P+. The van der Waals surface area contributed by atoms with Gasteiger partial charge in [0.25, 0.3) is 0 Å². The minimum atomic E-state index is -4.45. The van der Waals surface area contributed by atoms with Gasteiger partial charge in [-0.15, -0.1) is 0 Å². The molecule has 0 rings (SSSR count). The van der Waals surface area contributed by atoms with E-state index in [-0.39, 0.29) is 31.5 Å². The molecule has 0 aromatic carbocycles. The third-order valence-electron chi connectivity index (χ3n) is 13.4. The van der Waals surface area contributed by atoms with Crippen molar-refractivity contribution in [1.82, 2.24) is 5.32 Å². The number of phosphoric ester groups is 1. The van der Waals surface area contributed by atoms with E-state index in [9.17, 15) is 19.0 Å². The van der Waals surface area contributed by atoms with Crippen LogP contribution in [0.5, 0.6) is 0 Å². The number of unbranched alkanes of at least 4 members (excludes halogenated alkanes) is 30. The Morgan fingerprint density at radius 1 is 0.486 bits per heavy atom. The SMILES string of the molecule is CCCCC/C=C\C/C=C\C/C=C\CCCCCCCCCCC(=O)NC(COP(=O)(O)OCC[N+](C)(C)C)C(/C=C\CCCCCCCCCCCC)OC(=O)CCCCCCCC/C=C/C=C/CCCCC. The number of quaternary nitrogens is 1. The van der Waals surface area contributed by atoms with Gasteiger partial charge < -0.3 is 19.4 Å². The summed E-state index contributed by atoms with van der Waals surface area (Å²) in [4.78, 5) is 37.7. The molecule has 0 aliphatic rings. The summed E-state index contributed by atoms with van der Waals surface area (Å²) in [5.41, 5.74) is 0. The Morgan fingerprint density at radius 2 is 0.865 bits per heavy atom. The summed E-state index contributed by atoms with van der Waals surface area (Å²) >= 11 is 0. The molecule has 2 N–H and O–H groups in total. The maximum atomic E-state index is 13.5. The Morgan fingerprint density at radius 3 is 1.34 bits per heavy atom. The lowest BCUT2D eigenvalue weighted by atomic mass is 10.0. The summed E-state index contributed by atoms with van der Waals surface area (Å²) in [6.45, 7) is 6.94. The van der Waals surface area contributed by atoms with E-state index in [0.717, 1.165) is 103 Å². The number of hydrogen-bond donors (Lipinski definition) is 2. The van der Waals surface area contributed by atoms with Gasteiger partial charge in [-0.3, -0.25) is 18.6 Å². The van der Waals surface area contributed by atoms with Crippen LogP contribution in [0.2, 0.25) is 0 Å². The monoisotopic (exact) mass is 1060 g/mol. The van der Waals surface area contributed by atoms with Gasteiger partial charge in [-0.2, -0.15) is 0 Å². The minimum Gasteiger partial charge on any atom is -0.456 e. The number of nitrogens with zero attached hydrogens (tertiary/aromatic N) is 1. The predicted octanol–water partition coefficient (Wildman–Crippen LogP) is 18.8. The molecule has 0 saturated heterocycles. The molecule has 0 saturated carbocycles. The molecule has 0 aliphatic heterocycles. The van der Waals surface area contributed by atoms with Gasteiger partial charge in [-0.05, 0) is 96.0 Å². The van der Waals surface area contributed by atoms with E-state index in [1.807, 2.05) is 33.3 Å². The molecule has 0 aromatic rings. The third kappa shape index (κ3) is 54.2. The van der Waals surface area contributed by atoms with Gasteiger partial charge in [0.2, 0.25) is 5.91 Å². The first-order chi connectivity index (χ1) is 35.9. The standard InChI is InChI=1S/C64H117N2O7P/c1-7-10-13-16-19-22-25-28-30-31-32-33-34-35-37-38-41-44-47-50-53-56-63(67)65-61(60-72-74(69,70)71-59-58-66(4,5)6)62(55-52-49-46-43-40-27-24-21-18-15-12-9-3)73-64(68)57-54-51-48-45-42-39-36-29-26-23-20-17-14-11-8-2/h19-20,22-23,26,28-30,32-33,52,55,61-62H,7-18,21,24-25,27,31,34-51,53-54,56-60H2,1-6H3,(H-,65,67,69,70)/p+1/b22-19-,23-20+,29-26+,30-28-,33-32-,55-52-. The summed E-state index contributed by atoms with van der Waals surface area (Å²) in [6.07, 6.45) is 68.9. The molecular weight excluding hydrogens is 940 g/mol. The lowest BCUT2D eigenvalue weighted by molar-refractivity contribution is -0.870. The number of hydrogen-bond acceptors (Lipinski definition) is 6. The minimum absolute atomic E-state index is 0.0344. The molecule has 0 radical (unpaired) electrons. The largest absolute Gasteiger partial charge is 0.472 e. The Labute approximate surface area is 457 Å². The van der Waals surface area contributed by atoms with Crippen molar-refractivity contribution in [3.63, 3.8) is 0 Å². The van der Waals surface area contributed by atoms with E-state index in [1.165, 1.54) is 135 Å².